The SMILES string of the molecule is CC1(Cc2cccc(C(F)(F)F)c2)CCC(Br)C1. The molecule has 0 amide bonds. The fraction of sp³-hybridized carbons (Fsp3) is 0.571. The summed E-state index contributed by atoms with van der Waals surface area (Å²) in [4.78, 5) is 0.508. The number of benzene rings is 1. The molecule has 18 heavy (non-hydrogen) atoms. The number of hydrogen-bond donors (Lipinski definition) is 0. The van der Waals surface area contributed by atoms with E-state index in [2.05, 4.69) is 22.9 Å². The van der Waals surface area contributed by atoms with Gasteiger partial charge in [-0.1, -0.05) is 41.1 Å². The van der Waals surface area contributed by atoms with Gasteiger partial charge in [0, 0.05) is 4.83 Å². The molecule has 2 unspecified atom stereocenters. The molecule has 0 radical (unpaired) electrons. The molecular formula is C14H16BrF3. The maximum Gasteiger partial charge on any atom is 0.416 e. The molecule has 0 bridgehead atoms. The molecule has 1 saturated carbocycles. The van der Waals surface area contributed by atoms with Crippen molar-refractivity contribution in [1.29, 1.82) is 0 Å². The number of rotatable bonds is 2. The third-order valence-corrected chi connectivity index (χ3v) is 4.44. The van der Waals surface area contributed by atoms with Gasteiger partial charge in [-0.05, 0) is 42.7 Å². The Hall–Kier alpha value is -0.510. The molecule has 1 aliphatic carbocycles. The summed E-state index contributed by atoms with van der Waals surface area (Å²) in [5, 5.41) is 0. The van der Waals surface area contributed by atoms with Crippen molar-refractivity contribution < 1.29 is 13.2 Å². The van der Waals surface area contributed by atoms with Crippen LogP contribution >= 0.6 is 15.9 Å². The topological polar surface area (TPSA) is 0 Å². The van der Waals surface area contributed by atoms with Crippen LogP contribution in [0.1, 0.15) is 37.3 Å². The second kappa shape index (κ2) is 4.87. The predicted molar refractivity (Wildman–Crippen MR) is 69.8 cm³/mol. The lowest BCUT2D eigenvalue weighted by Crippen LogP contribution is -2.16. The summed E-state index contributed by atoms with van der Waals surface area (Å²) < 4.78 is 37.9. The first-order valence-electron chi connectivity index (χ1n) is 6.09. The second-order valence-electron chi connectivity index (χ2n) is 5.53. The third-order valence-electron chi connectivity index (χ3n) is 3.66. The highest BCUT2D eigenvalue weighted by Crippen LogP contribution is 2.43. The smallest absolute Gasteiger partial charge is 0.166 e. The van der Waals surface area contributed by atoms with Gasteiger partial charge >= 0.3 is 6.18 Å². The molecule has 1 aliphatic rings. The van der Waals surface area contributed by atoms with Crippen LogP contribution in [-0.2, 0) is 12.6 Å². The molecule has 0 aromatic heterocycles. The van der Waals surface area contributed by atoms with Crippen LogP contribution in [0.5, 0.6) is 0 Å². The lowest BCUT2D eigenvalue weighted by atomic mass is 9.82. The maximum atomic E-state index is 12.6. The Balaban J connectivity index is 2.15. The number of hydrogen-bond acceptors (Lipinski definition) is 0. The summed E-state index contributed by atoms with van der Waals surface area (Å²) in [6.07, 6.45) is -0.318. The predicted octanol–water partition coefficient (Wildman–Crippen LogP) is 5.20. The van der Waals surface area contributed by atoms with E-state index in [-0.39, 0.29) is 5.41 Å². The second-order valence-corrected chi connectivity index (χ2v) is 6.82. The lowest BCUT2D eigenvalue weighted by molar-refractivity contribution is -0.137. The van der Waals surface area contributed by atoms with Crippen molar-refractivity contribution in [3.8, 4) is 0 Å². The van der Waals surface area contributed by atoms with Crippen LogP contribution in [0.15, 0.2) is 24.3 Å². The van der Waals surface area contributed by atoms with Crippen LogP contribution in [0.4, 0.5) is 13.2 Å². The maximum absolute atomic E-state index is 12.6. The molecule has 0 aliphatic heterocycles. The summed E-state index contributed by atoms with van der Waals surface area (Å²) in [6, 6.07) is 5.71. The van der Waals surface area contributed by atoms with E-state index >= 15 is 0 Å². The molecule has 1 fully saturated rings. The van der Waals surface area contributed by atoms with Gasteiger partial charge in [0.05, 0.1) is 5.56 Å². The van der Waals surface area contributed by atoms with E-state index in [4.69, 9.17) is 0 Å². The van der Waals surface area contributed by atoms with E-state index in [1.807, 2.05) is 0 Å². The van der Waals surface area contributed by atoms with E-state index in [9.17, 15) is 13.2 Å². The molecule has 0 saturated heterocycles. The summed E-state index contributed by atoms with van der Waals surface area (Å²) in [6.45, 7) is 2.16. The van der Waals surface area contributed by atoms with Crippen LogP contribution in [0.2, 0.25) is 0 Å². The molecule has 2 rings (SSSR count). The summed E-state index contributed by atoms with van der Waals surface area (Å²) in [5.41, 5.74) is 0.365. The van der Waals surface area contributed by atoms with Crippen LogP contribution in [0.3, 0.4) is 0 Å². The van der Waals surface area contributed by atoms with Crippen LogP contribution in [0.25, 0.3) is 0 Å². The van der Waals surface area contributed by atoms with Crippen LogP contribution in [-0.4, -0.2) is 4.83 Å². The van der Waals surface area contributed by atoms with Gasteiger partial charge in [-0.15, -0.1) is 0 Å². The minimum Gasteiger partial charge on any atom is -0.166 e. The van der Waals surface area contributed by atoms with Gasteiger partial charge in [-0.25, -0.2) is 0 Å². The molecule has 1 aromatic carbocycles. The van der Waals surface area contributed by atoms with Gasteiger partial charge in [-0.3, -0.25) is 0 Å². The van der Waals surface area contributed by atoms with Crippen molar-refractivity contribution in [3.63, 3.8) is 0 Å². The highest BCUT2D eigenvalue weighted by molar-refractivity contribution is 9.09. The van der Waals surface area contributed by atoms with Gasteiger partial charge in [0.25, 0.3) is 0 Å². The Morgan fingerprint density at radius 2 is 2.11 bits per heavy atom. The van der Waals surface area contributed by atoms with Crippen molar-refractivity contribution in [2.24, 2.45) is 5.41 Å². The fourth-order valence-corrected chi connectivity index (χ4v) is 3.77. The molecule has 0 spiro atoms. The first kappa shape index (κ1) is 13.9. The zero-order valence-electron chi connectivity index (χ0n) is 10.2. The quantitative estimate of drug-likeness (QED) is 0.657. The molecule has 1 aromatic rings. The highest BCUT2D eigenvalue weighted by atomic mass is 79.9. The largest absolute Gasteiger partial charge is 0.416 e. The molecule has 0 nitrogen and oxygen atoms in total. The minimum absolute atomic E-state index is 0.123. The van der Waals surface area contributed by atoms with Gasteiger partial charge in [-0.2, -0.15) is 13.2 Å². The zero-order chi connectivity index (χ0) is 13.4. The summed E-state index contributed by atoms with van der Waals surface area (Å²) in [7, 11) is 0. The molecule has 4 heteroatoms. The zero-order valence-corrected chi connectivity index (χ0v) is 11.8. The minimum atomic E-state index is -4.25. The monoisotopic (exact) mass is 320 g/mol. The van der Waals surface area contributed by atoms with Crippen molar-refractivity contribution in [3.05, 3.63) is 35.4 Å². The van der Waals surface area contributed by atoms with E-state index in [0.717, 1.165) is 37.3 Å². The Labute approximate surface area is 114 Å². The van der Waals surface area contributed by atoms with Crippen molar-refractivity contribution in [2.45, 2.75) is 43.6 Å². The first-order valence-corrected chi connectivity index (χ1v) is 7.00. The average molecular weight is 321 g/mol. The van der Waals surface area contributed by atoms with Crippen molar-refractivity contribution in [2.75, 3.05) is 0 Å². The molecular weight excluding hydrogens is 305 g/mol. The third kappa shape index (κ3) is 3.28. The van der Waals surface area contributed by atoms with E-state index in [1.165, 1.54) is 12.1 Å². The van der Waals surface area contributed by atoms with Gasteiger partial charge < -0.3 is 0 Å². The summed E-state index contributed by atoms with van der Waals surface area (Å²) >= 11 is 3.59. The number of halogens is 4. The standard InChI is InChI=1S/C14H16BrF3/c1-13(6-5-12(15)9-13)8-10-3-2-4-11(7-10)14(16,17)18/h2-4,7,12H,5-6,8-9H2,1H3. The lowest BCUT2D eigenvalue weighted by Gasteiger charge is -2.24. The average Bonchev–Trinajstić information content (AvgIpc) is 2.57. The molecule has 100 valence electrons. The van der Waals surface area contributed by atoms with Gasteiger partial charge in [0.1, 0.15) is 0 Å². The Morgan fingerprint density at radius 3 is 2.67 bits per heavy atom. The van der Waals surface area contributed by atoms with Crippen LogP contribution < -0.4 is 0 Å². The highest BCUT2D eigenvalue weighted by Gasteiger charge is 2.35. The Bertz CT molecular complexity index is 427. The first-order chi connectivity index (χ1) is 8.28. The van der Waals surface area contributed by atoms with E-state index in [0.29, 0.717) is 4.83 Å². The molecule has 2 atom stereocenters. The van der Waals surface area contributed by atoms with E-state index < -0.39 is 11.7 Å². The van der Waals surface area contributed by atoms with Gasteiger partial charge in [0.15, 0.2) is 0 Å². The normalized spacial score (nSPS) is 28.6. The Morgan fingerprint density at radius 1 is 1.39 bits per heavy atom. The molecule has 0 heterocycles. The van der Waals surface area contributed by atoms with E-state index in [1.54, 1.807) is 6.07 Å². The summed E-state index contributed by atoms with van der Waals surface area (Å²) in [5.74, 6) is 0. The fourth-order valence-electron chi connectivity index (χ4n) is 2.75. The number of alkyl halides is 4. The van der Waals surface area contributed by atoms with Crippen LogP contribution in [0, 0.1) is 5.41 Å². The van der Waals surface area contributed by atoms with Crippen molar-refractivity contribution in [1.82, 2.24) is 0 Å². The molecule has 0 N–H and O–H groups in total. The Kier molecular flexibility index (Phi) is 3.77. The van der Waals surface area contributed by atoms with Gasteiger partial charge in [0.2, 0.25) is 0 Å². The van der Waals surface area contributed by atoms with Crippen molar-refractivity contribution >= 4 is 15.9 Å².